The van der Waals surface area contributed by atoms with Gasteiger partial charge in [-0.05, 0) is 50.3 Å². The highest BCUT2D eigenvalue weighted by atomic mass is 16.5. The quantitative estimate of drug-likeness (QED) is 0.839. The lowest BCUT2D eigenvalue weighted by molar-refractivity contribution is -0.139. The molecule has 23 heavy (non-hydrogen) atoms. The van der Waals surface area contributed by atoms with Crippen LogP contribution in [-0.4, -0.2) is 41.1 Å². The molecular weight excluding hydrogens is 294 g/mol. The summed E-state index contributed by atoms with van der Waals surface area (Å²) in [5, 5.41) is 8.86. The third-order valence-corrected chi connectivity index (χ3v) is 4.23. The van der Waals surface area contributed by atoms with Crippen LogP contribution in [0.3, 0.4) is 0 Å². The molecule has 0 spiro atoms. The number of amides is 1. The second kappa shape index (κ2) is 8.56. The maximum Gasteiger partial charge on any atom is 0.303 e. The van der Waals surface area contributed by atoms with E-state index in [0.29, 0.717) is 19.4 Å². The Labute approximate surface area is 137 Å². The molecule has 0 saturated carbocycles. The minimum Gasteiger partial charge on any atom is -0.494 e. The molecule has 1 aliphatic heterocycles. The Balaban J connectivity index is 1.95. The van der Waals surface area contributed by atoms with E-state index in [1.807, 2.05) is 36.1 Å². The first-order valence-electron chi connectivity index (χ1n) is 8.33. The molecular formula is C18H25NO4. The summed E-state index contributed by atoms with van der Waals surface area (Å²) in [4.78, 5) is 25.2. The second-order valence-corrected chi connectivity index (χ2v) is 5.92. The van der Waals surface area contributed by atoms with Crippen LogP contribution < -0.4 is 4.74 Å². The number of nitrogens with zero attached hydrogens (tertiary/aromatic N) is 1. The average molecular weight is 319 g/mol. The molecule has 1 heterocycles. The lowest BCUT2D eigenvalue weighted by Crippen LogP contribution is -2.44. The van der Waals surface area contributed by atoms with Crippen LogP contribution in [0.15, 0.2) is 24.3 Å². The molecule has 5 nitrogen and oxygen atoms in total. The predicted molar refractivity (Wildman–Crippen MR) is 87.5 cm³/mol. The standard InChI is InChI=1S/C18H25NO4/c1-2-23-16-9-6-14(7-10-16)13-17(20)19-12-4-3-5-15(19)8-11-18(21)22/h6-7,9-10,15H,2-5,8,11-13H2,1H3,(H,21,22). The minimum atomic E-state index is -0.797. The van der Waals surface area contributed by atoms with E-state index < -0.39 is 5.97 Å². The zero-order chi connectivity index (χ0) is 16.7. The van der Waals surface area contributed by atoms with E-state index in [4.69, 9.17) is 9.84 Å². The zero-order valence-corrected chi connectivity index (χ0v) is 13.7. The second-order valence-electron chi connectivity index (χ2n) is 5.92. The third-order valence-electron chi connectivity index (χ3n) is 4.23. The number of benzene rings is 1. The maximum absolute atomic E-state index is 12.6. The Kier molecular flexibility index (Phi) is 6.44. The average Bonchev–Trinajstić information content (AvgIpc) is 2.55. The Morgan fingerprint density at radius 2 is 2.00 bits per heavy atom. The number of carbonyl (C=O) groups is 2. The Hall–Kier alpha value is -2.04. The van der Waals surface area contributed by atoms with Crippen molar-refractivity contribution in [1.82, 2.24) is 4.90 Å². The summed E-state index contributed by atoms with van der Waals surface area (Å²) in [7, 11) is 0. The maximum atomic E-state index is 12.6. The SMILES string of the molecule is CCOc1ccc(CC(=O)N2CCCCC2CCC(=O)O)cc1. The van der Waals surface area contributed by atoms with Gasteiger partial charge in [0.15, 0.2) is 0 Å². The van der Waals surface area contributed by atoms with Crippen LogP contribution in [0.4, 0.5) is 0 Å². The molecule has 0 aromatic heterocycles. The molecule has 0 radical (unpaired) electrons. The minimum absolute atomic E-state index is 0.0649. The summed E-state index contributed by atoms with van der Waals surface area (Å²) < 4.78 is 5.40. The van der Waals surface area contributed by atoms with Gasteiger partial charge in [0.1, 0.15) is 5.75 Å². The largest absolute Gasteiger partial charge is 0.494 e. The number of carbonyl (C=O) groups excluding carboxylic acids is 1. The number of aliphatic carboxylic acids is 1. The molecule has 1 aromatic rings. The van der Waals surface area contributed by atoms with E-state index in [1.165, 1.54) is 0 Å². The zero-order valence-electron chi connectivity index (χ0n) is 13.7. The van der Waals surface area contributed by atoms with E-state index >= 15 is 0 Å². The van der Waals surface area contributed by atoms with Crippen molar-refractivity contribution in [2.75, 3.05) is 13.2 Å². The van der Waals surface area contributed by atoms with Crippen LogP contribution in [-0.2, 0) is 16.0 Å². The van der Waals surface area contributed by atoms with E-state index in [0.717, 1.165) is 37.1 Å². The van der Waals surface area contributed by atoms with Crippen LogP contribution >= 0.6 is 0 Å². The summed E-state index contributed by atoms with van der Waals surface area (Å²) >= 11 is 0. The van der Waals surface area contributed by atoms with Gasteiger partial charge in [0.05, 0.1) is 13.0 Å². The van der Waals surface area contributed by atoms with Crippen molar-refractivity contribution < 1.29 is 19.4 Å². The molecule has 1 aromatic carbocycles. The first kappa shape index (κ1) is 17.3. The summed E-state index contributed by atoms with van der Waals surface area (Å²) in [6, 6.07) is 7.65. The summed E-state index contributed by atoms with van der Waals surface area (Å²) in [6.45, 7) is 3.29. The highest BCUT2D eigenvalue weighted by molar-refractivity contribution is 5.79. The van der Waals surface area contributed by atoms with Crippen LogP contribution in [0, 0.1) is 0 Å². The summed E-state index contributed by atoms with van der Waals surface area (Å²) in [5.74, 6) is 0.0970. The summed E-state index contributed by atoms with van der Waals surface area (Å²) in [6.07, 6.45) is 4.00. The van der Waals surface area contributed by atoms with Crippen molar-refractivity contribution in [3.63, 3.8) is 0 Å². The number of rotatable bonds is 7. The van der Waals surface area contributed by atoms with Crippen LogP contribution in [0.25, 0.3) is 0 Å². The number of hydrogen-bond donors (Lipinski definition) is 1. The van der Waals surface area contributed by atoms with Crippen LogP contribution in [0.2, 0.25) is 0 Å². The van der Waals surface area contributed by atoms with Gasteiger partial charge in [-0.2, -0.15) is 0 Å². The van der Waals surface area contributed by atoms with Gasteiger partial charge in [-0.1, -0.05) is 12.1 Å². The lowest BCUT2D eigenvalue weighted by Gasteiger charge is -2.35. The third kappa shape index (κ3) is 5.27. The van der Waals surface area contributed by atoms with E-state index in [-0.39, 0.29) is 18.4 Å². The number of carboxylic acid groups (broad SMARTS) is 1. The van der Waals surface area contributed by atoms with Gasteiger partial charge >= 0.3 is 5.97 Å². The van der Waals surface area contributed by atoms with Crippen molar-refractivity contribution in [2.24, 2.45) is 0 Å². The van der Waals surface area contributed by atoms with Gasteiger partial charge in [0.2, 0.25) is 5.91 Å². The van der Waals surface area contributed by atoms with Gasteiger partial charge < -0.3 is 14.7 Å². The lowest BCUT2D eigenvalue weighted by atomic mass is 9.97. The van der Waals surface area contributed by atoms with Gasteiger partial charge in [-0.15, -0.1) is 0 Å². The normalized spacial score (nSPS) is 17.8. The molecule has 1 atom stereocenters. The topological polar surface area (TPSA) is 66.8 Å². The Bertz CT molecular complexity index is 526. The van der Waals surface area contributed by atoms with Crippen molar-refractivity contribution in [3.8, 4) is 5.75 Å². The first-order chi connectivity index (χ1) is 11.1. The highest BCUT2D eigenvalue weighted by Gasteiger charge is 2.26. The fourth-order valence-electron chi connectivity index (χ4n) is 3.07. The van der Waals surface area contributed by atoms with Crippen molar-refractivity contribution in [2.45, 2.75) is 51.5 Å². The molecule has 0 aliphatic carbocycles. The van der Waals surface area contributed by atoms with Gasteiger partial charge in [0, 0.05) is 19.0 Å². The van der Waals surface area contributed by atoms with Crippen molar-refractivity contribution in [3.05, 3.63) is 29.8 Å². The number of carboxylic acids is 1. The Morgan fingerprint density at radius 3 is 2.65 bits per heavy atom. The molecule has 2 rings (SSSR count). The molecule has 126 valence electrons. The monoisotopic (exact) mass is 319 g/mol. The molecule has 5 heteroatoms. The fourth-order valence-corrected chi connectivity index (χ4v) is 3.07. The van der Waals surface area contributed by atoms with Crippen molar-refractivity contribution in [1.29, 1.82) is 0 Å². The molecule has 1 aliphatic rings. The van der Waals surface area contributed by atoms with Gasteiger partial charge in [-0.25, -0.2) is 0 Å². The molecule has 1 fully saturated rings. The molecule has 1 N–H and O–H groups in total. The van der Waals surface area contributed by atoms with Crippen molar-refractivity contribution >= 4 is 11.9 Å². The first-order valence-corrected chi connectivity index (χ1v) is 8.33. The van der Waals surface area contributed by atoms with Gasteiger partial charge in [-0.3, -0.25) is 9.59 Å². The molecule has 0 bridgehead atoms. The summed E-state index contributed by atoms with van der Waals surface area (Å²) in [5.41, 5.74) is 0.959. The number of likely N-dealkylation sites (tertiary alicyclic amines) is 1. The van der Waals surface area contributed by atoms with Crippen LogP contribution in [0.5, 0.6) is 5.75 Å². The smallest absolute Gasteiger partial charge is 0.303 e. The number of ether oxygens (including phenoxy) is 1. The molecule has 1 saturated heterocycles. The Morgan fingerprint density at radius 1 is 1.26 bits per heavy atom. The molecule has 1 amide bonds. The van der Waals surface area contributed by atoms with E-state index in [9.17, 15) is 9.59 Å². The van der Waals surface area contributed by atoms with Crippen LogP contribution in [0.1, 0.15) is 44.6 Å². The van der Waals surface area contributed by atoms with Gasteiger partial charge in [0.25, 0.3) is 0 Å². The fraction of sp³-hybridized carbons (Fsp3) is 0.556. The molecule has 1 unspecified atom stereocenters. The number of hydrogen-bond acceptors (Lipinski definition) is 3. The highest BCUT2D eigenvalue weighted by Crippen LogP contribution is 2.22. The number of piperidine rings is 1. The predicted octanol–water partition coefficient (Wildman–Crippen LogP) is 2.87. The van der Waals surface area contributed by atoms with E-state index in [2.05, 4.69) is 0 Å². The van der Waals surface area contributed by atoms with E-state index in [1.54, 1.807) is 0 Å².